The van der Waals surface area contributed by atoms with Gasteiger partial charge in [0.15, 0.2) is 17.3 Å². The zero-order valence-electron chi connectivity index (χ0n) is 18.3. The van der Waals surface area contributed by atoms with Crippen LogP contribution in [0.3, 0.4) is 0 Å². The zero-order chi connectivity index (χ0) is 24.2. The Labute approximate surface area is 198 Å². The summed E-state index contributed by atoms with van der Waals surface area (Å²) in [6, 6.07) is 10.3. The minimum absolute atomic E-state index is 0.00718. The Morgan fingerprint density at radius 2 is 1.94 bits per heavy atom. The van der Waals surface area contributed by atoms with E-state index < -0.39 is 23.1 Å². The molecular weight excluding hydrogens is 467 g/mol. The number of thioether (sulfide) groups is 1. The summed E-state index contributed by atoms with van der Waals surface area (Å²) in [5, 5.41) is 10.6. The van der Waals surface area contributed by atoms with Gasteiger partial charge in [0.1, 0.15) is 11.6 Å². The van der Waals surface area contributed by atoms with Gasteiger partial charge in [-0.3, -0.25) is 9.59 Å². The van der Waals surface area contributed by atoms with Crippen LogP contribution < -0.4 is 19.6 Å². The maximum Gasteiger partial charge on any atom is 0.306 e. The molecule has 1 aliphatic rings. The molecule has 10 heteroatoms. The minimum atomic E-state index is -0.876. The summed E-state index contributed by atoms with van der Waals surface area (Å²) in [4.78, 5) is 25.6. The molecule has 1 N–H and O–H groups in total. The van der Waals surface area contributed by atoms with Gasteiger partial charge in [0.05, 0.1) is 32.3 Å². The van der Waals surface area contributed by atoms with Crippen LogP contribution >= 0.6 is 11.8 Å². The highest BCUT2D eigenvalue weighted by Crippen LogP contribution is 2.45. The molecule has 0 aliphatic carbocycles. The Hall–Kier alpha value is -3.66. The molecule has 0 saturated carbocycles. The SMILES string of the molecule is COC(=O)CC(c1cc(OC)c2c(c1)OCO2)c1oc(CSc2ccc(F)cc2)cc(=O)c1O. The van der Waals surface area contributed by atoms with Crippen LogP contribution in [-0.2, 0) is 15.3 Å². The highest BCUT2D eigenvalue weighted by molar-refractivity contribution is 7.98. The van der Waals surface area contributed by atoms with Crippen LogP contribution in [0.4, 0.5) is 4.39 Å². The number of carbonyl (C=O) groups is 1. The number of ether oxygens (including phenoxy) is 4. The highest BCUT2D eigenvalue weighted by atomic mass is 32.2. The standard InChI is InChI=1S/C24H21FO8S/c1-29-19-7-13(8-20-24(19)32-12-31-20)17(10-21(27)30-2)23-22(28)18(26)9-15(33-23)11-34-16-5-3-14(25)4-6-16/h3-9,17,28H,10-12H2,1-2H3. The van der Waals surface area contributed by atoms with Crippen LogP contribution in [0.1, 0.15) is 29.4 Å². The summed E-state index contributed by atoms with van der Waals surface area (Å²) in [6.45, 7) is 0.00718. The molecule has 0 spiro atoms. The van der Waals surface area contributed by atoms with E-state index in [0.717, 1.165) is 4.90 Å². The summed E-state index contributed by atoms with van der Waals surface area (Å²) in [5.41, 5.74) is -0.160. The van der Waals surface area contributed by atoms with Crippen LogP contribution in [0.15, 0.2) is 56.6 Å². The zero-order valence-corrected chi connectivity index (χ0v) is 19.1. The number of benzene rings is 2. The van der Waals surface area contributed by atoms with Crippen molar-refractivity contribution >= 4 is 17.7 Å². The van der Waals surface area contributed by atoms with Gasteiger partial charge in [-0.2, -0.15) is 0 Å². The molecule has 1 aromatic heterocycles. The Bertz CT molecular complexity index is 1260. The number of methoxy groups -OCH3 is 2. The minimum Gasteiger partial charge on any atom is -0.502 e. The van der Waals surface area contributed by atoms with Crippen LogP contribution in [-0.4, -0.2) is 32.1 Å². The second-order valence-corrected chi connectivity index (χ2v) is 8.37. The third-order valence-corrected chi connectivity index (χ3v) is 6.23. The monoisotopic (exact) mass is 488 g/mol. The first-order valence-electron chi connectivity index (χ1n) is 10.2. The number of hydrogen-bond acceptors (Lipinski definition) is 9. The molecule has 0 radical (unpaired) electrons. The maximum absolute atomic E-state index is 13.2. The van der Waals surface area contributed by atoms with Crippen LogP contribution in [0.5, 0.6) is 23.0 Å². The molecule has 1 aliphatic heterocycles. The lowest BCUT2D eigenvalue weighted by Crippen LogP contribution is -2.14. The third-order valence-electron chi connectivity index (χ3n) is 5.19. The lowest BCUT2D eigenvalue weighted by molar-refractivity contribution is -0.140. The van der Waals surface area contributed by atoms with Gasteiger partial charge in [-0.15, -0.1) is 11.8 Å². The van der Waals surface area contributed by atoms with Crippen LogP contribution in [0.2, 0.25) is 0 Å². The first-order valence-corrected chi connectivity index (χ1v) is 11.2. The molecule has 0 amide bonds. The molecule has 1 unspecified atom stereocenters. The van der Waals surface area contributed by atoms with Crippen molar-refractivity contribution in [1.29, 1.82) is 0 Å². The number of carbonyl (C=O) groups excluding carboxylic acids is 1. The van der Waals surface area contributed by atoms with Crippen molar-refractivity contribution in [3.63, 3.8) is 0 Å². The fourth-order valence-corrected chi connectivity index (χ4v) is 4.29. The van der Waals surface area contributed by atoms with E-state index in [2.05, 4.69) is 0 Å². The Kier molecular flexibility index (Phi) is 6.97. The van der Waals surface area contributed by atoms with E-state index in [-0.39, 0.29) is 36.3 Å². The molecule has 178 valence electrons. The second-order valence-electron chi connectivity index (χ2n) is 7.32. The average molecular weight is 488 g/mol. The number of halogens is 1. The summed E-state index contributed by atoms with van der Waals surface area (Å²) in [7, 11) is 2.70. The molecule has 0 saturated heterocycles. The van der Waals surface area contributed by atoms with Gasteiger partial charge in [0, 0.05) is 11.0 Å². The van der Waals surface area contributed by atoms with E-state index in [9.17, 15) is 19.1 Å². The predicted molar refractivity (Wildman–Crippen MR) is 120 cm³/mol. The molecular formula is C24H21FO8S. The van der Waals surface area contributed by atoms with Gasteiger partial charge in [-0.25, -0.2) is 4.39 Å². The van der Waals surface area contributed by atoms with Crippen molar-refractivity contribution in [3.05, 3.63) is 75.6 Å². The van der Waals surface area contributed by atoms with Gasteiger partial charge < -0.3 is 28.5 Å². The number of rotatable bonds is 8. The lowest BCUT2D eigenvalue weighted by Gasteiger charge is -2.19. The lowest BCUT2D eigenvalue weighted by atomic mass is 9.91. The summed E-state index contributed by atoms with van der Waals surface area (Å²) < 4.78 is 40.2. The Morgan fingerprint density at radius 1 is 1.18 bits per heavy atom. The smallest absolute Gasteiger partial charge is 0.306 e. The Balaban J connectivity index is 1.73. The van der Waals surface area contributed by atoms with Crippen molar-refractivity contribution < 1.29 is 37.7 Å². The largest absolute Gasteiger partial charge is 0.502 e. The molecule has 8 nitrogen and oxygen atoms in total. The summed E-state index contributed by atoms with van der Waals surface area (Å²) >= 11 is 1.32. The van der Waals surface area contributed by atoms with Crippen molar-refractivity contribution in [1.82, 2.24) is 0 Å². The normalized spacial score (nSPS) is 12.9. The summed E-state index contributed by atoms with van der Waals surface area (Å²) in [6.07, 6.45) is -0.218. The third kappa shape index (κ3) is 4.96. The topological polar surface area (TPSA) is 104 Å². The van der Waals surface area contributed by atoms with Crippen LogP contribution in [0, 0.1) is 5.82 Å². The van der Waals surface area contributed by atoms with Crippen molar-refractivity contribution in [2.75, 3.05) is 21.0 Å². The number of esters is 1. The predicted octanol–water partition coefficient (Wildman–Crippen LogP) is 4.21. The van der Waals surface area contributed by atoms with E-state index in [0.29, 0.717) is 22.8 Å². The number of hydrogen-bond donors (Lipinski definition) is 1. The van der Waals surface area contributed by atoms with E-state index in [1.807, 2.05) is 0 Å². The molecule has 2 aromatic carbocycles. The number of aromatic hydroxyl groups is 1. The first kappa shape index (κ1) is 23.5. The van der Waals surface area contributed by atoms with E-state index >= 15 is 0 Å². The molecule has 34 heavy (non-hydrogen) atoms. The van der Waals surface area contributed by atoms with Crippen molar-refractivity contribution in [2.45, 2.75) is 23.0 Å². The van der Waals surface area contributed by atoms with Crippen LogP contribution in [0.25, 0.3) is 0 Å². The maximum atomic E-state index is 13.2. The molecule has 0 fully saturated rings. The van der Waals surface area contributed by atoms with Gasteiger partial charge in [-0.1, -0.05) is 0 Å². The fourth-order valence-electron chi connectivity index (χ4n) is 3.51. The number of fused-ring (bicyclic) bond motifs is 1. The van der Waals surface area contributed by atoms with E-state index in [1.165, 1.54) is 44.2 Å². The van der Waals surface area contributed by atoms with Crippen molar-refractivity contribution in [2.24, 2.45) is 0 Å². The first-order chi connectivity index (χ1) is 16.4. The summed E-state index contributed by atoms with van der Waals surface area (Å²) in [5.74, 6) is -0.813. The van der Waals surface area contributed by atoms with E-state index in [4.69, 9.17) is 23.4 Å². The molecule has 0 bridgehead atoms. The molecule has 1 atom stereocenters. The Morgan fingerprint density at radius 3 is 2.65 bits per heavy atom. The molecule has 4 rings (SSSR count). The molecule has 2 heterocycles. The van der Waals surface area contributed by atoms with Gasteiger partial charge in [0.25, 0.3) is 0 Å². The fraction of sp³-hybridized carbons (Fsp3) is 0.250. The average Bonchev–Trinajstić information content (AvgIpc) is 3.32. The molecule has 3 aromatic rings. The van der Waals surface area contributed by atoms with Gasteiger partial charge in [0.2, 0.25) is 23.7 Å². The van der Waals surface area contributed by atoms with Gasteiger partial charge >= 0.3 is 5.97 Å². The highest BCUT2D eigenvalue weighted by Gasteiger charge is 2.30. The second kappa shape index (κ2) is 10.1. The van der Waals surface area contributed by atoms with Crippen molar-refractivity contribution in [3.8, 4) is 23.0 Å². The van der Waals surface area contributed by atoms with E-state index in [1.54, 1.807) is 24.3 Å². The van der Waals surface area contributed by atoms with Gasteiger partial charge in [-0.05, 0) is 42.0 Å². The quantitative estimate of drug-likeness (QED) is 0.369.